The molecule has 1 heterocycles. The molecule has 7 nitrogen and oxygen atoms in total. The van der Waals surface area contributed by atoms with Gasteiger partial charge in [0.15, 0.2) is 0 Å². The predicted octanol–water partition coefficient (Wildman–Crippen LogP) is 2.36. The van der Waals surface area contributed by atoms with E-state index in [4.69, 9.17) is 11.6 Å². The third kappa shape index (κ3) is 3.70. The fraction of sp³-hybridized carbons (Fsp3) is 0.143. The number of anilines is 1. The van der Waals surface area contributed by atoms with Gasteiger partial charge in [0.05, 0.1) is 11.1 Å². The summed E-state index contributed by atoms with van der Waals surface area (Å²) < 4.78 is 1.01. The van der Waals surface area contributed by atoms with Gasteiger partial charge in [-0.1, -0.05) is 11.6 Å². The summed E-state index contributed by atoms with van der Waals surface area (Å²) in [6.45, 7) is 1.15. The average molecular weight is 322 g/mol. The minimum atomic E-state index is -0.611. The van der Waals surface area contributed by atoms with Crippen molar-refractivity contribution < 1.29 is 9.72 Å². The lowest BCUT2D eigenvalue weighted by atomic mass is 10.3. The van der Waals surface area contributed by atoms with Gasteiger partial charge in [0.25, 0.3) is 11.2 Å². The lowest BCUT2D eigenvalue weighted by Gasteiger charge is -2.08. The van der Waals surface area contributed by atoms with Gasteiger partial charge in [0, 0.05) is 22.3 Å². The number of aromatic nitrogens is 1. The van der Waals surface area contributed by atoms with E-state index >= 15 is 0 Å². The quantitative estimate of drug-likeness (QED) is 0.690. The highest BCUT2D eigenvalue weighted by Gasteiger charge is 2.13. The molecule has 1 aromatic carbocycles. The number of hydrogen-bond acceptors (Lipinski definition) is 4. The van der Waals surface area contributed by atoms with Gasteiger partial charge < -0.3 is 5.32 Å². The van der Waals surface area contributed by atoms with E-state index in [2.05, 4.69) is 5.32 Å². The van der Waals surface area contributed by atoms with Crippen molar-refractivity contribution >= 4 is 28.9 Å². The number of nitro groups is 1. The second-order valence-electron chi connectivity index (χ2n) is 4.63. The molecule has 2 rings (SSSR count). The first kappa shape index (κ1) is 15.7. The molecule has 8 heteroatoms. The lowest BCUT2D eigenvalue weighted by molar-refractivity contribution is -0.385. The van der Waals surface area contributed by atoms with Gasteiger partial charge in [0.1, 0.15) is 6.54 Å². The van der Waals surface area contributed by atoms with Crippen LogP contribution >= 0.6 is 11.6 Å². The summed E-state index contributed by atoms with van der Waals surface area (Å²) in [6.07, 6.45) is 1.05. The van der Waals surface area contributed by atoms with Crippen molar-refractivity contribution in [2.45, 2.75) is 13.5 Å². The second-order valence-corrected chi connectivity index (χ2v) is 5.06. The van der Waals surface area contributed by atoms with E-state index in [9.17, 15) is 19.7 Å². The molecule has 0 saturated carbocycles. The minimum absolute atomic E-state index is 0.202. The molecule has 1 aromatic heterocycles. The Morgan fingerprint density at radius 1 is 1.36 bits per heavy atom. The van der Waals surface area contributed by atoms with Crippen LogP contribution in [0.3, 0.4) is 0 Å². The zero-order valence-corrected chi connectivity index (χ0v) is 12.3. The number of halogens is 1. The van der Waals surface area contributed by atoms with Crippen LogP contribution in [0, 0.1) is 17.0 Å². The Kier molecular flexibility index (Phi) is 4.57. The number of nitrogens with zero attached hydrogens (tertiary/aromatic N) is 2. The molecule has 0 atom stereocenters. The highest BCUT2D eigenvalue weighted by molar-refractivity contribution is 6.30. The van der Waals surface area contributed by atoms with Crippen molar-refractivity contribution in [1.29, 1.82) is 0 Å². The van der Waals surface area contributed by atoms with E-state index in [1.54, 1.807) is 24.3 Å². The van der Waals surface area contributed by atoms with Crippen molar-refractivity contribution in [3.8, 4) is 0 Å². The fourth-order valence-corrected chi connectivity index (χ4v) is 2.00. The highest BCUT2D eigenvalue weighted by atomic mass is 35.5. The molecule has 1 amide bonds. The monoisotopic (exact) mass is 321 g/mol. The van der Waals surface area contributed by atoms with Crippen molar-refractivity contribution in [2.24, 2.45) is 0 Å². The van der Waals surface area contributed by atoms with Gasteiger partial charge >= 0.3 is 0 Å². The van der Waals surface area contributed by atoms with Crippen LogP contribution in [-0.4, -0.2) is 15.4 Å². The molecular formula is C14H12ClN3O4. The Hall–Kier alpha value is -2.67. The largest absolute Gasteiger partial charge is 0.325 e. The topological polar surface area (TPSA) is 94.2 Å². The van der Waals surface area contributed by atoms with E-state index in [-0.39, 0.29) is 17.8 Å². The maximum atomic E-state index is 11.9. The number of rotatable bonds is 4. The molecule has 114 valence electrons. The van der Waals surface area contributed by atoms with Crippen LogP contribution in [0.5, 0.6) is 0 Å². The molecule has 0 bridgehead atoms. The highest BCUT2D eigenvalue weighted by Crippen LogP contribution is 2.14. The number of pyridine rings is 1. The van der Waals surface area contributed by atoms with Crippen LogP contribution in [0.4, 0.5) is 11.4 Å². The van der Waals surface area contributed by atoms with Gasteiger partial charge in [-0.2, -0.15) is 0 Å². The van der Waals surface area contributed by atoms with Crippen molar-refractivity contribution in [1.82, 2.24) is 4.57 Å². The first-order valence-corrected chi connectivity index (χ1v) is 6.65. The maximum absolute atomic E-state index is 11.9. The number of nitrogens with one attached hydrogen (secondary N) is 1. The molecule has 0 saturated heterocycles. The predicted molar refractivity (Wildman–Crippen MR) is 82.2 cm³/mol. The van der Waals surface area contributed by atoms with Crippen LogP contribution in [0.2, 0.25) is 5.02 Å². The maximum Gasteiger partial charge on any atom is 0.286 e. The van der Waals surface area contributed by atoms with Crippen LogP contribution < -0.4 is 10.9 Å². The fourth-order valence-electron chi connectivity index (χ4n) is 1.87. The molecule has 1 N–H and O–H groups in total. The summed E-state index contributed by atoms with van der Waals surface area (Å²) >= 11 is 5.74. The summed E-state index contributed by atoms with van der Waals surface area (Å²) in [7, 11) is 0. The zero-order chi connectivity index (χ0) is 16.3. The number of carbonyl (C=O) groups is 1. The molecule has 0 aliphatic rings. The summed E-state index contributed by atoms with van der Waals surface area (Å²) in [5, 5.41) is 13.9. The van der Waals surface area contributed by atoms with E-state index in [1.165, 1.54) is 13.0 Å². The first-order valence-electron chi connectivity index (χ1n) is 6.27. The van der Waals surface area contributed by atoms with E-state index in [1.807, 2.05) is 0 Å². The molecular weight excluding hydrogens is 310 g/mol. The Balaban J connectivity index is 2.19. The number of benzene rings is 1. The third-order valence-electron chi connectivity index (χ3n) is 2.90. The molecule has 0 aliphatic heterocycles. The Labute approximate surface area is 130 Å². The van der Waals surface area contributed by atoms with E-state index in [0.29, 0.717) is 10.7 Å². The van der Waals surface area contributed by atoms with E-state index in [0.717, 1.165) is 10.8 Å². The lowest BCUT2D eigenvalue weighted by Crippen LogP contribution is -2.28. The molecule has 0 fully saturated rings. The number of amides is 1. The van der Waals surface area contributed by atoms with Crippen LogP contribution in [0.1, 0.15) is 5.56 Å². The summed E-state index contributed by atoms with van der Waals surface area (Å²) in [5.41, 5.74) is 0.0337. The Morgan fingerprint density at radius 2 is 2.00 bits per heavy atom. The Morgan fingerprint density at radius 3 is 2.59 bits per heavy atom. The van der Waals surface area contributed by atoms with Crippen molar-refractivity contribution in [2.75, 3.05) is 5.32 Å². The first-order chi connectivity index (χ1) is 10.4. The standard InChI is InChI=1S/C14H12ClN3O4/c1-9-6-12(18(21)22)7-17(14(9)20)8-13(19)16-11-4-2-10(15)3-5-11/h2-7H,8H2,1H3,(H,16,19). The van der Waals surface area contributed by atoms with Crippen molar-refractivity contribution in [3.05, 3.63) is 67.6 Å². The molecule has 0 unspecified atom stereocenters. The second kappa shape index (κ2) is 6.40. The number of hydrogen-bond donors (Lipinski definition) is 1. The normalized spacial score (nSPS) is 10.3. The summed E-state index contributed by atoms with van der Waals surface area (Å²) in [4.78, 5) is 34.0. The smallest absolute Gasteiger partial charge is 0.286 e. The van der Waals surface area contributed by atoms with Gasteiger partial charge in [0.2, 0.25) is 5.91 Å². The van der Waals surface area contributed by atoms with Gasteiger partial charge in [-0.3, -0.25) is 24.3 Å². The zero-order valence-electron chi connectivity index (χ0n) is 11.6. The average Bonchev–Trinajstić information content (AvgIpc) is 2.46. The van der Waals surface area contributed by atoms with Crippen LogP contribution in [0.15, 0.2) is 41.3 Å². The van der Waals surface area contributed by atoms with Crippen LogP contribution in [-0.2, 0) is 11.3 Å². The molecule has 2 aromatic rings. The molecule has 0 radical (unpaired) electrons. The SMILES string of the molecule is Cc1cc([N+](=O)[O-])cn(CC(=O)Nc2ccc(Cl)cc2)c1=O. The van der Waals surface area contributed by atoms with Gasteiger partial charge in [-0.25, -0.2) is 0 Å². The summed E-state index contributed by atoms with van der Waals surface area (Å²) in [5.74, 6) is -0.468. The Bertz CT molecular complexity index is 784. The summed E-state index contributed by atoms with van der Waals surface area (Å²) in [6, 6.07) is 7.63. The van der Waals surface area contributed by atoms with E-state index < -0.39 is 16.4 Å². The molecule has 22 heavy (non-hydrogen) atoms. The molecule has 0 spiro atoms. The van der Waals surface area contributed by atoms with Crippen LogP contribution in [0.25, 0.3) is 0 Å². The van der Waals surface area contributed by atoms with Gasteiger partial charge in [-0.05, 0) is 31.2 Å². The number of carbonyl (C=O) groups excluding carboxylic acids is 1. The van der Waals surface area contributed by atoms with Gasteiger partial charge in [-0.15, -0.1) is 0 Å². The minimum Gasteiger partial charge on any atom is -0.325 e. The van der Waals surface area contributed by atoms with Crippen molar-refractivity contribution in [3.63, 3.8) is 0 Å². The number of aryl methyl sites for hydroxylation is 1. The molecule has 0 aliphatic carbocycles. The third-order valence-corrected chi connectivity index (χ3v) is 3.16.